The molecule has 184 valence electrons. The molecule has 11 heteroatoms. The van der Waals surface area contributed by atoms with Crippen molar-refractivity contribution >= 4 is 56.7 Å². The summed E-state index contributed by atoms with van der Waals surface area (Å²) in [7, 11) is -3.40. The van der Waals surface area contributed by atoms with Crippen molar-refractivity contribution in [3.05, 3.63) is 52.3 Å². The van der Waals surface area contributed by atoms with Gasteiger partial charge in [0, 0.05) is 62.7 Å². The maximum atomic E-state index is 12.7. The topological polar surface area (TPSA) is 78.0 Å². The van der Waals surface area contributed by atoms with Gasteiger partial charge in [0.1, 0.15) is 11.4 Å². The van der Waals surface area contributed by atoms with Crippen LogP contribution in [0.15, 0.2) is 36.5 Å². The van der Waals surface area contributed by atoms with E-state index in [1.165, 1.54) is 3.98 Å². The molecular formula is C24H26Cl2N5O3S+. The molecule has 5 rings (SSSR count). The number of aromatic nitrogens is 2. The van der Waals surface area contributed by atoms with Gasteiger partial charge in [-0.2, -0.15) is 8.42 Å². The summed E-state index contributed by atoms with van der Waals surface area (Å²) in [5.41, 5.74) is 3.66. The molecular weight excluding hydrogens is 509 g/mol. The number of amides is 1. The lowest BCUT2D eigenvalue weighted by Crippen LogP contribution is -2.47. The summed E-state index contributed by atoms with van der Waals surface area (Å²) in [6.45, 7) is 4.95. The molecule has 0 radical (unpaired) electrons. The highest BCUT2D eigenvalue weighted by molar-refractivity contribution is 7.85. The molecule has 35 heavy (non-hydrogen) atoms. The molecule has 3 aromatic rings. The highest BCUT2D eigenvalue weighted by Crippen LogP contribution is 2.34. The molecule has 2 aliphatic rings. The molecule has 0 atom stereocenters. The number of halogens is 2. The number of carbonyl (C=O) groups excluding carboxylic acids is 1. The molecule has 1 saturated heterocycles. The van der Waals surface area contributed by atoms with Crippen molar-refractivity contribution in [3.8, 4) is 11.3 Å². The Bertz CT molecular complexity index is 1440. The zero-order valence-corrected chi connectivity index (χ0v) is 21.7. The van der Waals surface area contributed by atoms with Gasteiger partial charge in [0.25, 0.3) is 0 Å². The van der Waals surface area contributed by atoms with Gasteiger partial charge < -0.3 is 4.90 Å². The first-order valence-electron chi connectivity index (χ1n) is 11.5. The van der Waals surface area contributed by atoms with Crippen LogP contribution in [0.25, 0.3) is 16.9 Å². The Morgan fingerprint density at radius 3 is 2.57 bits per heavy atom. The van der Waals surface area contributed by atoms with Crippen LogP contribution in [0.3, 0.4) is 0 Å². The van der Waals surface area contributed by atoms with Gasteiger partial charge in [-0.1, -0.05) is 27.2 Å². The van der Waals surface area contributed by atoms with E-state index >= 15 is 0 Å². The molecule has 2 aromatic heterocycles. The number of nitrogens with zero attached hydrogens (tertiary/aromatic N) is 5. The maximum Gasteiger partial charge on any atom is 0.369 e. The van der Waals surface area contributed by atoms with Gasteiger partial charge in [-0.05, 0) is 30.7 Å². The fourth-order valence-electron chi connectivity index (χ4n) is 4.65. The number of fused-ring (bicyclic) bond motifs is 1. The quantitative estimate of drug-likeness (QED) is 0.475. The van der Waals surface area contributed by atoms with Crippen LogP contribution in [0.5, 0.6) is 0 Å². The summed E-state index contributed by atoms with van der Waals surface area (Å²) >= 11 is 12.7. The van der Waals surface area contributed by atoms with Crippen LogP contribution in [0, 0.1) is 0 Å². The zero-order chi connectivity index (χ0) is 24.7. The van der Waals surface area contributed by atoms with Crippen molar-refractivity contribution < 1.29 is 17.2 Å². The van der Waals surface area contributed by atoms with Crippen LogP contribution >= 0.6 is 23.2 Å². The average Bonchev–Trinajstić information content (AvgIpc) is 3.16. The minimum Gasteiger partial charge on any atom is -0.340 e. The van der Waals surface area contributed by atoms with Gasteiger partial charge in [-0.3, -0.25) is 14.1 Å². The SMILES string of the molecule is CC(=O)N1CCN(Cc2c(-c3ccc(Cl)cc3Cl)nc3ccc([N+]4=CCCCS4(=O)=O)cn23)CC1. The molecule has 1 fully saturated rings. The zero-order valence-electron chi connectivity index (χ0n) is 19.3. The molecule has 1 aromatic carbocycles. The minimum absolute atomic E-state index is 0.0803. The Morgan fingerprint density at radius 2 is 1.89 bits per heavy atom. The van der Waals surface area contributed by atoms with Gasteiger partial charge >= 0.3 is 10.0 Å². The third kappa shape index (κ3) is 4.82. The molecule has 1 amide bonds. The fourth-order valence-corrected chi connectivity index (χ4v) is 6.63. The number of rotatable bonds is 4. The van der Waals surface area contributed by atoms with E-state index in [-0.39, 0.29) is 11.7 Å². The van der Waals surface area contributed by atoms with Gasteiger partial charge in [-0.15, -0.1) is 0 Å². The minimum atomic E-state index is -3.40. The van der Waals surface area contributed by atoms with Crippen LogP contribution < -0.4 is 0 Å². The van der Waals surface area contributed by atoms with Gasteiger partial charge in [0.05, 0.1) is 22.6 Å². The van der Waals surface area contributed by atoms with Crippen LogP contribution in [-0.4, -0.2) is 75.6 Å². The summed E-state index contributed by atoms with van der Waals surface area (Å²) in [6.07, 6.45) is 4.90. The van der Waals surface area contributed by atoms with E-state index in [9.17, 15) is 13.2 Å². The highest BCUT2D eigenvalue weighted by Gasteiger charge is 2.31. The third-order valence-electron chi connectivity index (χ3n) is 6.53. The fraction of sp³-hybridized carbons (Fsp3) is 0.375. The van der Waals surface area contributed by atoms with E-state index < -0.39 is 10.0 Å². The van der Waals surface area contributed by atoms with Crippen LogP contribution in [0.2, 0.25) is 10.0 Å². The van der Waals surface area contributed by atoms with E-state index in [0.29, 0.717) is 53.9 Å². The van der Waals surface area contributed by atoms with Crippen molar-refractivity contribution in [2.24, 2.45) is 0 Å². The van der Waals surface area contributed by atoms with Gasteiger partial charge in [-0.25, -0.2) is 4.98 Å². The van der Waals surface area contributed by atoms with Crippen molar-refractivity contribution in [2.45, 2.75) is 26.3 Å². The molecule has 0 N–H and O–H groups in total. The number of pyridine rings is 1. The molecule has 0 saturated carbocycles. The number of hydrogen-bond acceptors (Lipinski definition) is 5. The van der Waals surface area contributed by atoms with Crippen LogP contribution in [-0.2, 0) is 21.4 Å². The Balaban J connectivity index is 1.60. The van der Waals surface area contributed by atoms with Gasteiger partial charge in [0.15, 0.2) is 6.21 Å². The molecule has 0 unspecified atom stereocenters. The number of hydrogen-bond donors (Lipinski definition) is 0. The first-order valence-corrected chi connectivity index (χ1v) is 13.9. The lowest BCUT2D eigenvalue weighted by molar-refractivity contribution is -0.259. The summed E-state index contributed by atoms with van der Waals surface area (Å²) < 4.78 is 28.7. The molecule has 8 nitrogen and oxygen atoms in total. The Labute approximate surface area is 214 Å². The normalized spacial score (nSPS) is 18.6. The molecule has 0 aliphatic carbocycles. The van der Waals surface area contributed by atoms with E-state index in [0.717, 1.165) is 30.0 Å². The average molecular weight is 535 g/mol. The summed E-state index contributed by atoms with van der Waals surface area (Å²) in [6, 6.07) is 8.94. The second-order valence-electron chi connectivity index (χ2n) is 8.87. The van der Waals surface area contributed by atoms with Crippen molar-refractivity contribution in [2.75, 3.05) is 31.9 Å². The number of sulfonamides is 1. The predicted molar refractivity (Wildman–Crippen MR) is 137 cm³/mol. The van der Waals surface area contributed by atoms with Crippen molar-refractivity contribution in [1.29, 1.82) is 0 Å². The molecule has 2 aliphatic heterocycles. The second kappa shape index (κ2) is 9.54. The molecule has 4 heterocycles. The predicted octanol–water partition coefficient (Wildman–Crippen LogP) is 3.81. The third-order valence-corrected chi connectivity index (χ3v) is 8.85. The monoisotopic (exact) mass is 534 g/mol. The number of piperazine rings is 1. The maximum absolute atomic E-state index is 12.7. The van der Waals surface area contributed by atoms with Crippen LogP contribution in [0.4, 0.5) is 5.69 Å². The summed E-state index contributed by atoms with van der Waals surface area (Å²) in [5, 5.41) is 1.04. The van der Waals surface area contributed by atoms with Crippen molar-refractivity contribution in [3.63, 3.8) is 0 Å². The Morgan fingerprint density at radius 1 is 1.11 bits per heavy atom. The Hall–Kier alpha value is -2.46. The number of carbonyl (C=O) groups is 1. The standard InChI is InChI=1S/C24H26Cl2N5O3S/c1-17(32)29-11-9-28(10-12-29)16-22-24(20-6-4-18(25)14-21(20)26)27-23-7-5-19(15-30(22)23)31-8-2-3-13-35(31,33)34/h4-8,14-15H,2-3,9-13,16H2,1H3/q+1. The highest BCUT2D eigenvalue weighted by atomic mass is 35.5. The second-order valence-corrected chi connectivity index (χ2v) is 11.7. The van der Waals surface area contributed by atoms with E-state index in [1.807, 2.05) is 27.6 Å². The van der Waals surface area contributed by atoms with E-state index in [1.54, 1.807) is 31.3 Å². The molecule has 0 bridgehead atoms. The molecule has 0 spiro atoms. The van der Waals surface area contributed by atoms with E-state index in [2.05, 4.69) is 4.90 Å². The van der Waals surface area contributed by atoms with E-state index in [4.69, 9.17) is 28.2 Å². The lowest BCUT2D eigenvalue weighted by Gasteiger charge is -2.34. The lowest BCUT2D eigenvalue weighted by atomic mass is 10.1. The first kappa shape index (κ1) is 24.2. The first-order chi connectivity index (χ1) is 16.7. The smallest absolute Gasteiger partial charge is 0.340 e. The summed E-state index contributed by atoms with van der Waals surface area (Å²) in [5.74, 6) is 0.210. The summed E-state index contributed by atoms with van der Waals surface area (Å²) in [4.78, 5) is 20.7. The number of benzene rings is 1. The van der Waals surface area contributed by atoms with Crippen LogP contribution in [0.1, 0.15) is 25.5 Å². The van der Waals surface area contributed by atoms with Gasteiger partial charge in [0.2, 0.25) is 11.6 Å². The largest absolute Gasteiger partial charge is 0.369 e. The van der Waals surface area contributed by atoms with Crippen molar-refractivity contribution in [1.82, 2.24) is 19.2 Å². The Kier molecular flexibility index (Phi) is 6.61. The number of imidazole rings is 1.